The number of nitrogens with zero attached hydrogens (tertiary/aromatic N) is 4. The van der Waals surface area contributed by atoms with Crippen LogP contribution in [0.2, 0.25) is 0 Å². The van der Waals surface area contributed by atoms with Gasteiger partial charge in [0.15, 0.2) is 11.4 Å². The minimum absolute atomic E-state index is 0.0491. The smallest absolute Gasteiger partial charge is 0.275 e. The highest BCUT2D eigenvalue weighted by atomic mass is 16.3. The second-order valence-electron chi connectivity index (χ2n) is 9.09. The maximum atomic E-state index is 12.5. The highest BCUT2D eigenvalue weighted by Gasteiger charge is 2.48. The van der Waals surface area contributed by atoms with Gasteiger partial charge < -0.3 is 20.6 Å². The van der Waals surface area contributed by atoms with Gasteiger partial charge in [0.2, 0.25) is 0 Å². The van der Waals surface area contributed by atoms with Crippen molar-refractivity contribution in [3.05, 3.63) is 55.9 Å². The molecule has 1 aromatic carbocycles. The number of hydrogen-bond donors (Lipinski definition) is 3. The first-order chi connectivity index (χ1) is 15.6. The van der Waals surface area contributed by atoms with E-state index in [1.165, 1.54) is 17.2 Å². The van der Waals surface area contributed by atoms with Crippen molar-refractivity contribution in [3.63, 3.8) is 0 Å². The van der Waals surface area contributed by atoms with Crippen molar-refractivity contribution >= 4 is 23.0 Å². The number of aromatic nitrogens is 3. The predicted molar refractivity (Wildman–Crippen MR) is 125 cm³/mol. The minimum Gasteiger partial charge on any atom is -0.504 e. The molecule has 2 aromatic heterocycles. The van der Waals surface area contributed by atoms with Crippen LogP contribution >= 0.6 is 0 Å². The number of anilines is 3. The molecule has 0 radical (unpaired) electrons. The van der Waals surface area contributed by atoms with E-state index in [4.69, 9.17) is 0 Å². The van der Waals surface area contributed by atoms with Crippen LogP contribution in [0.15, 0.2) is 28.0 Å². The number of pyridine rings is 1. The number of aromatic hydroxyl groups is 1. The number of rotatable bonds is 8. The lowest BCUT2D eigenvalue weighted by Crippen LogP contribution is -2.38. The summed E-state index contributed by atoms with van der Waals surface area (Å²) in [6, 6.07) is 1.20. The molecule has 1 atom stereocenters. The normalized spacial score (nSPS) is 15.3. The number of carbonyl (C=O) groups is 1. The molecule has 4 rings (SSSR count). The predicted octanol–water partition coefficient (Wildman–Crippen LogP) is 2.08. The summed E-state index contributed by atoms with van der Waals surface area (Å²) in [6.07, 6.45) is 6.07. The lowest BCUT2D eigenvalue weighted by atomic mass is 9.92. The first kappa shape index (κ1) is 22.5. The summed E-state index contributed by atoms with van der Waals surface area (Å²) in [7, 11) is 4.95. The zero-order valence-electron chi connectivity index (χ0n) is 19.4. The molecule has 174 valence electrons. The Balaban J connectivity index is 1.68. The minimum atomic E-state index is -0.689. The van der Waals surface area contributed by atoms with Gasteiger partial charge in [0.1, 0.15) is 11.4 Å². The van der Waals surface area contributed by atoms with Crippen LogP contribution in [-0.4, -0.2) is 44.8 Å². The summed E-state index contributed by atoms with van der Waals surface area (Å²) < 4.78 is 1.76. The molecule has 1 fully saturated rings. The molecular weight excluding hydrogens is 424 g/mol. The van der Waals surface area contributed by atoms with Crippen LogP contribution in [0, 0.1) is 5.41 Å². The quantitative estimate of drug-likeness (QED) is 0.443. The second-order valence-corrected chi connectivity index (χ2v) is 9.09. The Bertz CT molecular complexity index is 1300. The Morgan fingerprint density at radius 1 is 1.27 bits per heavy atom. The lowest BCUT2D eigenvalue weighted by molar-refractivity contribution is 0.0819. The molecule has 0 spiro atoms. The van der Waals surface area contributed by atoms with E-state index < -0.39 is 16.8 Å². The Morgan fingerprint density at radius 3 is 2.55 bits per heavy atom. The van der Waals surface area contributed by atoms with Gasteiger partial charge in [-0.05, 0) is 36.3 Å². The molecule has 10 heteroatoms. The number of carbonyl (C=O) groups excluding carboxylic acids is 1. The molecule has 1 aliphatic carbocycles. The van der Waals surface area contributed by atoms with E-state index in [1.54, 1.807) is 18.8 Å². The van der Waals surface area contributed by atoms with Crippen molar-refractivity contribution in [1.82, 2.24) is 19.7 Å². The third-order valence-corrected chi connectivity index (χ3v) is 6.32. The largest absolute Gasteiger partial charge is 0.504 e. The number of aryl methyl sites for hydroxylation is 2. The zero-order valence-corrected chi connectivity index (χ0v) is 19.4. The SMILES string of the molecule is CCc1cn(C)nc1[C@H](Nc1c(Nc2ccnc(C(=O)N(C)C)c2O)c(=O)c1=O)C1(C)CC1. The number of nitrogens with one attached hydrogen (secondary N) is 2. The Labute approximate surface area is 190 Å². The van der Waals surface area contributed by atoms with Gasteiger partial charge >= 0.3 is 0 Å². The van der Waals surface area contributed by atoms with Crippen LogP contribution in [-0.2, 0) is 13.5 Å². The summed E-state index contributed by atoms with van der Waals surface area (Å²) in [5, 5.41) is 21.3. The van der Waals surface area contributed by atoms with Gasteiger partial charge in [-0.1, -0.05) is 13.8 Å². The van der Waals surface area contributed by atoms with Crippen molar-refractivity contribution in [2.24, 2.45) is 12.5 Å². The average Bonchev–Trinajstić information content (AvgIpc) is 3.42. The van der Waals surface area contributed by atoms with Crippen LogP contribution in [0.4, 0.5) is 17.1 Å². The molecule has 1 amide bonds. The molecule has 0 bridgehead atoms. The molecule has 33 heavy (non-hydrogen) atoms. The number of amides is 1. The maximum absolute atomic E-state index is 12.5. The molecule has 1 saturated carbocycles. The highest BCUT2D eigenvalue weighted by Crippen LogP contribution is 2.56. The summed E-state index contributed by atoms with van der Waals surface area (Å²) >= 11 is 0. The number of hydrogen-bond acceptors (Lipinski definition) is 8. The highest BCUT2D eigenvalue weighted by molar-refractivity contribution is 5.97. The molecule has 3 N–H and O–H groups in total. The Hall–Kier alpha value is -3.69. The third-order valence-electron chi connectivity index (χ3n) is 6.32. The monoisotopic (exact) mass is 452 g/mol. The topological polar surface area (TPSA) is 129 Å². The van der Waals surface area contributed by atoms with Gasteiger partial charge in [0, 0.05) is 33.5 Å². The summed E-state index contributed by atoms with van der Waals surface area (Å²) in [5.41, 5.74) is 0.716. The van der Waals surface area contributed by atoms with Crippen molar-refractivity contribution in [1.29, 1.82) is 0 Å². The first-order valence-corrected chi connectivity index (χ1v) is 10.9. The molecule has 2 heterocycles. The van der Waals surface area contributed by atoms with Gasteiger partial charge in [-0.2, -0.15) is 5.10 Å². The van der Waals surface area contributed by atoms with Crippen molar-refractivity contribution in [3.8, 4) is 5.75 Å². The van der Waals surface area contributed by atoms with Gasteiger partial charge in [0.05, 0.1) is 17.4 Å². The summed E-state index contributed by atoms with van der Waals surface area (Å²) in [5.74, 6) is -0.873. The third kappa shape index (κ3) is 3.85. The van der Waals surface area contributed by atoms with Crippen LogP contribution < -0.4 is 21.5 Å². The Kier molecular flexibility index (Phi) is 5.47. The zero-order chi connectivity index (χ0) is 24.1. The lowest BCUT2D eigenvalue weighted by Gasteiger charge is -2.27. The molecular formula is C23H28N6O4. The van der Waals surface area contributed by atoms with E-state index in [0.29, 0.717) is 0 Å². The van der Waals surface area contributed by atoms with Gasteiger partial charge in [-0.25, -0.2) is 4.98 Å². The van der Waals surface area contributed by atoms with Crippen LogP contribution in [0.25, 0.3) is 0 Å². The van der Waals surface area contributed by atoms with E-state index in [2.05, 4.69) is 34.6 Å². The first-order valence-electron chi connectivity index (χ1n) is 10.9. The molecule has 0 saturated heterocycles. The van der Waals surface area contributed by atoms with Gasteiger partial charge in [-0.15, -0.1) is 0 Å². The maximum Gasteiger partial charge on any atom is 0.275 e. The second kappa shape index (κ2) is 8.02. The standard InChI is InChI=1S/C23H28N6O4/c1-6-12-11-29(5)27-14(12)21(23(2)8-9-23)26-16-15(19(31)20(16)32)25-13-7-10-24-17(18(13)30)22(33)28(3)4/h7,10-11,21,26,30H,6,8-9H2,1-5H3,(H,24,25)/t21-/m0/s1. The van der Waals surface area contributed by atoms with E-state index in [1.807, 2.05) is 13.2 Å². The Morgan fingerprint density at radius 2 is 1.94 bits per heavy atom. The van der Waals surface area contributed by atoms with E-state index >= 15 is 0 Å². The summed E-state index contributed by atoms with van der Waals surface area (Å²) in [6.45, 7) is 4.18. The van der Waals surface area contributed by atoms with Crippen LogP contribution in [0.1, 0.15) is 54.5 Å². The molecule has 10 nitrogen and oxygen atoms in total. The van der Waals surface area contributed by atoms with E-state index in [-0.39, 0.29) is 40.0 Å². The van der Waals surface area contributed by atoms with E-state index in [0.717, 1.165) is 30.5 Å². The fraction of sp³-hybridized carbons (Fsp3) is 0.435. The van der Waals surface area contributed by atoms with Crippen molar-refractivity contribution < 1.29 is 9.90 Å². The van der Waals surface area contributed by atoms with Crippen molar-refractivity contribution in [2.45, 2.75) is 39.2 Å². The van der Waals surface area contributed by atoms with E-state index in [9.17, 15) is 19.5 Å². The fourth-order valence-electron chi connectivity index (χ4n) is 3.98. The van der Waals surface area contributed by atoms with Crippen LogP contribution in [0.5, 0.6) is 5.75 Å². The fourth-order valence-corrected chi connectivity index (χ4v) is 3.98. The molecule has 1 aliphatic rings. The van der Waals surface area contributed by atoms with Gasteiger partial charge in [0.25, 0.3) is 16.8 Å². The van der Waals surface area contributed by atoms with Gasteiger partial charge in [-0.3, -0.25) is 19.1 Å². The summed E-state index contributed by atoms with van der Waals surface area (Å²) in [4.78, 5) is 42.4. The van der Waals surface area contributed by atoms with Crippen LogP contribution in [0.3, 0.4) is 0 Å². The van der Waals surface area contributed by atoms with Crippen molar-refractivity contribution in [2.75, 3.05) is 24.7 Å². The molecule has 0 unspecified atom stereocenters. The molecule has 0 aliphatic heterocycles. The molecule has 3 aromatic rings. The average molecular weight is 453 g/mol.